The molecule has 2 aliphatic rings. The molecule has 2 N–H and O–H groups in total. The molecule has 3 unspecified atom stereocenters. The molecule has 0 spiro atoms. The van der Waals surface area contributed by atoms with E-state index >= 15 is 0 Å². The highest BCUT2D eigenvalue weighted by Crippen LogP contribution is 2.46. The van der Waals surface area contributed by atoms with E-state index in [1.807, 2.05) is 11.3 Å². The fraction of sp³-hybridized carbons (Fsp3) is 0.824. The van der Waals surface area contributed by atoms with Crippen LogP contribution in [0, 0.1) is 5.92 Å². The Kier molecular flexibility index (Phi) is 4.67. The summed E-state index contributed by atoms with van der Waals surface area (Å²) in [6, 6.07) is 0. The van der Waals surface area contributed by atoms with Crippen LogP contribution in [0.25, 0.3) is 0 Å². The molecule has 1 aromatic heterocycles. The molecule has 0 saturated heterocycles. The van der Waals surface area contributed by atoms with Crippen molar-refractivity contribution >= 4 is 11.3 Å². The predicted molar refractivity (Wildman–Crippen MR) is 87.8 cm³/mol. The molecular weight excluding hydrogens is 280 g/mol. The molecule has 0 amide bonds. The van der Waals surface area contributed by atoms with Crippen molar-refractivity contribution in [2.75, 3.05) is 13.2 Å². The van der Waals surface area contributed by atoms with Gasteiger partial charge in [-0.15, -0.1) is 11.3 Å². The number of hydrogen-bond acceptors (Lipinski definition) is 4. The van der Waals surface area contributed by atoms with E-state index in [0.29, 0.717) is 5.92 Å². The average Bonchev–Trinajstić information content (AvgIpc) is 2.92. The first-order valence-corrected chi connectivity index (χ1v) is 9.34. The van der Waals surface area contributed by atoms with Gasteiger partial charge in [-0.1, -0.05) is 13.3 Å². The number of nitrogens with two attached hydrogens (primary N) is 1. The van der Waals surface area contributed by atoms with E-state index < -0.39 is 0 Å². The Bertz CT molecular complexity index is 483. The normalized spacial score (nSPS) is 32.9. The third-order valence-electron chi connectivity index (χ3n) is 5.12. The van der Waals surface area contributed by atoms with Crippen molar-refractivity contribution < 1.29 is 4.74 Å². The van der Waals surface area contributed by atoms with Crippen molar-refractivity contribution in [1.82, 2.24) is 4.98 Å². The Morgan fingerprint density at radius 3 is 2.95 bits per heavy atom. The monoisotopic (exact) mass is 308 g/mol. The standard InChI is InChI=1S/C17H28N2OS/c1-3-20-17(9-5-6-12(2)10-17)16-19-15-13(11-18)7-4-8-14(15)21-16/h12-13H,3-11,18H2,1-2H3. The highest BCUT2D eigenvalue weighted by molar-refractivity contribution is 7.11. The second-order valence-corrected chi connectivity index (χ2v) is 7.86. The lowest BCUT2D eigenvalue weighted by Crippen LogP contribution is -2.35. The average molecular weight is 308 g/mol. The molecule has 2 aliphatic carbocycles. The van der Waals surface area contributed by atoms with E-state index in [1.165, 1.54) is 47.7 Å². The van der Waals surface area contributed by atoms with Crippen LogP contribution in [0.3, 0.4) is 0 Å². The van der Waals surface area contributed by atoms with Gasteiger partial charge >= 0.3 is 0 Å². The SMILES string of the molecule is CCOC1(c2nc3c(s2)CCCC3CN)CCCC(C)C1. The summed E-state index contributed by atoms with van der Waals surface area (Å²) in [5.41, 5.74) is 7.13. The molecule has 4 heteroatoms. The van der Waals surface area contributed by atoms with E-state index in [9.17, 15) is 0 Å². The zero-order valence-electron chi connectivity index (χ0n) is 13.4. The van der Waals surface area contributed by atoms with Gasteiger partial charge < -0.3 is 10.5 Å². The Labute approximate surface area is 132 Å². The Morgan fingerprint density at radius 1 is 1.38 bits per heavy atom. The van der Waals surface area contributed by atoms with Crippen LogP contribution in [0.1, 0.15) is 73.9 Å². The van der Waals surface area contributed by atoms with Crippen LogP contribution in [0.5, 0.6) is 0 Å². The first kappa shape index (κ1) is 15.4. The molecule has 3 rings (SSSR count). The number of fused-ring (bicyclic) bond motifs is 1. The fourth-order valence-corrected chi connectivity index (χ4v) is 5.47. The Morgan fingerprint density at radius 2 is 2.24 bits per heavy atom. The van der Waals surface area contributed by atoms with Crippen LogP contribution < -0.4 is 5.73 Å². The van der Waals surface area contributed by atoms with Gasteiger partial charge in [0.2, 0.25) is 0 Å². The number of nitrogens with zero attached hydrogens (tertiary/aromatic N) is 1. The van der Waals surface area contributed by atoms with Gasteiger partial charge in [-0.05, 0) is 51.4 Å². The van der Waals surface area contributed by atoms with Gasteiger partial charge in [-0.2, -0.15) is 0 Å². The fourth-order valence-electron chi connectivity index (χ4n) is 4.10. The van der Waals surface area contributed by atoms with Crippen LogP contribution in [0.4, 0.5) is 0 Å². The number of ether oxygens (including phenoxy) is 1. The van der Waals surface area contributed by atoms with Crippen LogP contribution in [-0.2, 0) is 16.8 Å². The third kappa shape index (κ3) is 2.90. The largest absolute Gasteiger partial charge is 0.368 e. The predicted octanol–water partition coefficient (Wildman–Crippen LogP) is 3.96. The van der Waals surface area contributed by atoms with Crippen LogP contribution in [-0.4, -0.2) is 18.1 Å². The lowest BCUT2D eigenvalue weighted by Gasteiger charge is -2.38. The zero-order valence-corrected chi connectivity index (χ0v) is 14.2. The number of hydrogen-bond donors (Lipinski definition) is 1. The number of aryl methyl sites for hydroxylation is 1. The van der Waals surface area contributed by atoms with E-state index in [1.54, 1.807) is 0 Å². The molecule has 3 nitrogen and oxygen atoms in total. The lowest BCUT2D eigenvalue weighted by atomic mass is 9.79. The van der Waals surface area contributed by atoms with E-state index in [4.69, 9.17) is 15.5 Å². The summed E-state index contributed by atoms with van der Waals surface area (Å²) in [5.74, 6) is 1.20. The summed E-state index contributed by atoms with van der Waals surface area (Å²) in [7, 11) is 0. The van der Waals surface area contributed by atoms with Crippen molar-refractivity contribution in [3.05, 3.63) is 15.6 Å². The van der Waals surface area contributed by atoms with Crippen molar-refractivity contribution in [3.8, 4) is 0 Å². The van der Waals surface area contributed by atoms with Gasteiger partial charge in [0.25, 0.3) is 0 Å². The number of aromatic nitrogens is 1. The zero-order chi connectivity index (χ0) is 14.9. The quantitative estimate of drug-likeness (QED) is 0.915. The highest BCUT2D eigenvalue weighted by atomic mass is 32.1. The molecule has 0 radical (unpaired) electrons. The molecule has 118 valence electrons. The van der Waals surface area contributed by atoms with Gasteiger partial charge in [-0.3, -0.25) is 0 Å². The number of rotatable bonds is 4. The minimum Gasteiger partial charge on any atom is -0.368 e. The van der Waals surface area contributed by atoms with Crippen molar-refractivity contribution in [2.24, 2.45) is 11.7 Å². The molecule has 1 saturated carbocycles. The smallest absolute Gasteiger partial charge is 0.125 e. The van der Waals surface area contributed by atoms with Gasteiger partial charge in [0.1, 0.15) is 10.6 Å². The second kappa shape index (κ2) is 6.35. The van der Waals surface area contributed by atoms with Crippen molar-refractivity contribution in [1.29, 1.82) is 0 Å². The molecule has 0 bridgehead atoms. The first-order chi connectivity index (χ1) is 10.2. The topological polar surface area (TPSA) is 48.1 Å². The Hall–Kier alpha value is -0.450. The highest BCUT2D eigenvalue weighted by Gasteiger charge is 2.41. The molecule has 21 heavy (non-hydrogen) atoms. The van der Waals surface area contributed by atoms with Crippen LogP contribution in [0.15, 0.2) is 0 Å². The van der Waals surface area contributed by atoms with Gasteiger partial charge in [0.15, 0.2) is 0 Å². The molecule has 0 aromatic carbocycles. The van der Waals surface area contributed by atoms with Gasteiger partial charge in [0.05, 0.1) is 5.69 Å². The maximum absolute atomic E-state index is 6.29. The Balaban J connectivity index is 1.95. The number of thiazole rings is 1. The summed E-state index contributed by atoms with van der Waals surface area (Å²) >= 11 is 1.91. The minimum absolute atomic E-state index is 0.117. The van der Waals surface area contributed by atoms with Crippen LogP contribution >= 0.6 is 11.3 Å². The maximum Gasteiger partial charge on any atom is 0.125 e. The van der Waals surface area contributed by atoms with Crippen LogP contribution in [0.2, 0.25) is 0 Å². The van der Waals surface area contributed by atoms with E-state index in [-0.39, 0.29) is 5.60 Å². The minimum atomic E-state index is -0.117. The maximum atomic E-state index is 6.29. The van der Waals surface area contributed by atoms with E-state index in [0.717, 1.165) is 31.9 Å². The molecule has 1 heterocycles. The van der Waals surface area contributed by atoms with Crippen molar-refractivity contribution in [3.63, 3.8) is 0 Å². The molecule has 1 fully saturated rings. The molecular formula is C17H28N2OS. The lowest BCUT2D eigenvalue weighted by molar-refractivity contribution is -0.0821. The van der Waals surface area contributed by atoms with Gasteiger partial charge in [-0.25, -0.2) is 4.98 Å². The van der Waals surface area contributed by atoms with Gasteiger partial charge in [0, 0.05) is 23.9 Å². The van der Waals surface area contributed by atoms with Crippen molar-refractivity contribution in [2.45, 2.75) is 70.3 Å². The molecule has 1 aromatic rings. The summed E-state index contributed by atoms with van der Waals surface area (Å²) < 4.78 is 6.29. The third-order valence-corrected chi connectivity index (χ3v) is 6.44. The summed E-state index contributed by atoms with van der Waals surface area (Å²) in [6.45, 7) is 5.96. The molecule has 0 aliphatic heterocycles. The van der Waals surface area contributed by atoms with E-state index in [2.05, 4.69) is 13.8 Å². The first-order valence-electron chi connectivity index (χ1n) is 8.52. The second-order valence-electron chi connectivity index (χ2n) is 6.78. The summed E-state index contributed by atoms with van der Waals surface area (Å²) in [5, 5.41) is 1.24. The summed E-state index contributed by atoms with van der Waals surface area (Å²) in [6.07, 6.45) is 8.48. The molecule has 3 atom stereocenters. The summed E-state index contributed by atoms with van der Waals surface area (Å²) in [4.78, 5) is 6.54.